The molecule has 0 radical (unpaired) electrons. The number of hydrogen-bond donors (Lipinski definition) is 1. The van der Waals surface area contributed by atoms with Crippen LogP contribution >= 0.6 is 11.6 Å². The van der Waals surface area contributed by atoms with E-state index < -0.39 is 5.97 Å². The molecule has 112 valence electrons. The van der Waals surface area contributed by atoms with Gasteiger partial charge in [0.25, 0.3) is 0 Å². The number of unbranched alkanes of at least 4 members (excludes halogenated alkanes) is 1. The van der Waals surface area contributed by atoms with Gasteiger partial charge in [0.2, 0.25) is 0 Å². The highest BCUT2D eigenvalue weighted by molar-refractivity contribution is 6.31. The molecule has 5 nitrogen and oxygen atoms in total. The average molecular weight is 312 g/mol. The molecule has 0 aliphatic heterocycles. The van der Waals surface area contributed by atoms with Gasteiger partial charge in [0, 0.05) is 23.2 Å². The molecule has 0 spiro atoms. The van der Waals surface area contributed by atoms with Crippen molar-refractivity contribution in [3.8, 4) is 0 Å². The Balaban J connectivity index is 1.92. The lowest BCUT2D eigenvalue weighted by atomic mass is 10.1. The molecule has 2 rings (SSSR count). The molecular formula is C14H15ClFN3O2. The molecule has 7 heteroatoms. The van der Waals surface area contributed by atoms with Crippen LogP contribution in [0.15, 0.2) is 24.4 Å². The van der Waals surface area contributed by atoms with Gasteiger partial charge in [0.05, 0.1) is 12.2 Å². The van der Waals surface area contributed by atoms with Crippen LogP contribution in [0.2, 0.25) is 5.02 Å². The number of carbonyl (C=O) groups is 1. The lowest BCUT2D eigenvalue weighted by Crippen LogP contribution is -2.03. The molecule has 0 saturated heterocycles. The summed E-state index contributed by atoms with van der Waals surface area (Å²) in [6.45, 7) is 0.216. The van der Waals surface area contributed by atoms with Crippen LogP contribution in [-0.2, 0) is 17.8 Å². The normalized spacial score (nSPS) is 10.8. The predicted octanol–water partition coefficient (Wildman–Crippen LogP) is 2.92. The Labute approximate surface area is 126 Å². The maximum Gasteiger partial charge on any atom is 0.303 e. The van der Waals surface area contributed by atoms with Crippen LogP contribution in [0.3, 0.4) is 0 Å². The summed E-state index contributed by atoms with van der Waals surface area (Å²) in [6.07, 6.45) is 3.85. The molecule has 0 aliphatic carbocycles. The van der Waals surface area contributed by atoms with E-state index in [1.165, 1.54) is 10.7 Å². The van der Waals surface area contributed by atoms with Crippen molar-refractivity contribution < 1.29 is 14.3 Å². The Morgan fingerprint density at radius 3 is 2.90 bits per heavy atom. The van der Waals surface area contributed by atoms with Gasteiger partial charge in [-0.2, -0.15) is 0 Å². The third kappa shape index (κ3) is 4.53. The fourth-order valence-electron chi connectivity index (χ4n) is 1.96. The molecule has 1 N–H and O–H groups in total. The van der Waals surface area contributed by atoms with Crippen LogP contribution in [0, 0.1) is 5.82 Å². The van der Waals surface area contributed by atoms with E-state index in [0.717, 1.165) is 12.1 Å². The number of aryl methyl sites for hydroxylation is 1. The molecule has 0 saturated carbocycles. The number of aliphatic carboxylic acids is 1. The number of aromatic nitrogens is 3. The summed E-state index contributed by atoms with van der Waals surface area (Å²) in [5, 5.41) is 16.8. The van der Waals surface area contributed by atoms with Gasteiger partial charge in [-0.25, -0.2) is 9.07 Å². The fraction of sp³-hybridized carbons (Fsp3) is 0.357. The predicted molar refractivity (Wildman–Crippen MR) is 75.7 cm³/mol. The number of rotatable bonds is 7. The highest BCUT2D eigenvalue weighted by Crippen LogP contribution is 2.19. The van der Waals surface area contributed by atoms with Gasteiger partial charge in [-0.1, -0.05) is 22.9 Å². The van der Waals surface area contributed by atoms with E-state index in [4.69, 9.17) is 16.7 Å². The van der Waals surface area contributed by atoms with E-state index in [-0.39, 0.29) is 18.8 Å². The standard InChI is InChI=1S/C14H15ClFN3O2/c15-12-5-3-6-13(16)11(12)9-19-8-10(17-18-19)4-1-2-7-14(20)21/h3,5-6,8H,1-2,4,7,9H2,(H,20,21). The number of halogens is 2. The second-order valence-electron chi connectivity index (χ2n) is 4.71. The summed E-state index contributed by atoms with van der Waals surface area (Å²) in [5.74, 6) is -1.17. The van der Waals surface area contributed by atoms with Crippen LogP contribution in [0.25, 0.3) is 0 Å². The zero-order valence-electron chi connectivity index (χ0n) is 11.3. The number of benzene rings is 1. The van der Waals surface area contributed by atoms with Gasteiger partial charge in [-0.05, 0) is 31.4 Å². The highest BCUT2D eigenvalue weighted by Gasteiger charge is 2.09. The Kier molecular flexibility index (Phi) is 5.27. The summed E-state index contributed by atoms with van der Waals surface area (Å²) in [6, 6.07) is 4.53. The summed E-state index contributed by atoms with van der Waals surface area (Å²) < 4.78 is 15.2. The van der Waals surface area contributed by atoms with Crippen molar-refractivity contribution in [1.82, 2.24) is 15.0 Å². The van der Waals surface area contributed by atoms with E-state index in [0.29, 0.717) is 23.4 Å². The smallest absolute Gasteiger partial charge is 0.303 e. The van der Waals surface area contributed by atoms with Crippen LogP contribution in [-0.4, -0.2) is 26.1 Å². The first-order valence-electron chi connectivity index (χ1n) is 6.60. The maximum absolute atomic E-state index is 13.7. The maximum atomic E-state index is 13.7. The van der Waals surface area contributed by atoms with E-state index >= 15 is 0 Å². The monoisotopic (exact) mass is 311 g/mol. The summed E-state index contributed by atoms with van der Waals surface area (Å²) >= 11 is 5.96. The second-order valence-corrected chi connectivity index (χ2v) is 5.12. The van der Waals surface area contributed by atoms with Gasteiger partial charge in [0.1, 0.15) is 5.82 Å². The number of hydrogen-bond acceptors (Lipinski definition) is 3. The first kappa shape index (κ1) is 15.4. The Morgan fingerprint density at radius 2 is 2.19 bits per heavy atom. The van der Waals surface area contributed by atoms with Gasteiger partial charge in [-0.15, -0.1) is 5.10 Å². The quantitative estimate of drug-likeness (QED) is 0.798. The number of carboxylic acid groups (broad SMARTS) is 1. The highest BCUT2D eigenvalue weighted by atomic mass is 35.5. The molecule has 1 aromatic carbocycles. The Bertz CT molecular complexity index is 610. The zero-order valence-corrected chi connectivity index (χ0v) is 12.1. The van der Waals surface area contributed by atoms with E-state index in [1.807, 2.05) is 0 Å². The van der Waals surface area contributed by atoms with Crippen molar-refractivity contribution in [2.75, 3.05) is 0 Å². The van der Waals surface area contributed by atoms with Gasteiger partial charge >= 0.3 is 5.97 Å². The van der Waals surface area contributed by atoms with Gasteiger partial charge in [0.15, 0.2) is 0 Å². The summed E-state index contributed by atoms with van der Waals surface area (Å²) in [4.78, 5) is 10.4. The Morgan fingerprint density at radius 1 is 1.38 bits per heavy atom. The van der Waals surface area contributed by atoms with E-state index in [2.05, 4.69) is 10.3 Å². The van der Waals surface area contributed by atoms with Crippen molar-refractivity contribution in [2.45, 2.75) is 32.2 Å². The van der Waals surface area contributed by atoms with Gasteiger partial charge < -0.3 is 5.11 Å². The van der Waals surface area contributed by atoms with Crippen LogP contribution in [0.1, 0.15) is 30.5 Å². The molecule has 2 aromatic rings. The molecule has 1 aromatic heterocycles. The summed E-state index contributed by atoms with van der Waals surface area (Å²) in [5.41, 5.74) is 1.13. The van der Waals surface area contributed by atoms with Crippen molar-refractivity contribution in [3.05, 3.63) is 46.5 Å². The van der Waals surface area contributed by atoms with Crippen LogP contribution < -0.4 is 0 Å². The molecular weight excluding hydrogens is 297 g/mol. The minimum atomic E-state index is -0.798. The molecule has 0 amide bonds. The third-order valence-electron chi connectivity index (χ3n) is 3.04. The molecule has 0 unspecified atom stereocenters. The molecule has 21 heavy (non-hydrogen) atoms. The fourth-order valence-corrected chi connectivity index (χ4v) is 2.18. The number of nitrogens with zero attached hydrogens (tertiary/aromatic N) is 3. The lowest BCUT2D eigenvalue weighted by molar-refractivity contribution is -0.137. The first-order valence-corrected chi connectivity index (χ1v) is 6.98. The third-order valence-corrected chi connectivity index (χ3v) is 3.40. The molecule has 0 atom stereocenters. The van der Waals surface area contributed by atoms with Gasteiger partial charge in [-0.3, -0.25) is 4.79 Å². The minimum absolute atomic E-state index is 0.152. The minimum Gasteiger partial charge on any atom is -0.481 e. The van der Waals surface area contributed by atoms with Crippen molar-refractivity contribution in [2.24, 2.45) is 0 Å². The second kappa shape index (κ2) is 7.17. The lowest BCUT2D eigenvalue weighted by Gasteiger charge is -2.04. The van der Waals surface area contributed by atoms with Crippen molar-refractivity contribution >= 4 is 17.6 Å². The summed E-state index contributed by atoms with van der Waals surface area (Å²) in [7, 11) is 0. The van der Waals surface area contributed by atoms with Crippen LogP contribution in [0.4, 0.5) is 4.39 Å². The van der Waals surface area contributed by atoms with Crippen molar-refractivity contribution in [3.63, 3.8) is 0 Å². The number of carboxylic acids is 1. The first-order chi connectivity index (χ1) is 10.1. The topological polar surface area (TPSA) is 68.0 Å². The molecule has 1 heterocycles. The molecule has 0 aliphatic rings. The average Bonchev–Trinajstić information content (AvgIpc) is 2.87. The molecule has 0 bridgehead atoms. The largest absolute Gasteiger partial charge is 0.481 e. The SMILES string of the molecule is O=C(O)CCCCc1cn(Cc2c(F)cccc2Cl)nn1. The van der Waals surface area contributed by atoms with Crippen molar-refractivity contribution in [1.29, 1.82) is 0 Å². The Hall–Kier alpha value is -1.95. The van der Waals surface area contributed by atoms with E-state index in [1.54, 1.807) is 18.3 Å². The zero-order chi connectivity index (χ0) is 15.2. The van der Waals surface area contributed by atoms with E-state index in [9.17, 15) is 9.18 Å². The molecule has 0 fully saturated rings. The van der Waals surface area contributed by atoms with Crippen LogP contribution in [0.5, 0.6) is 0 Å².